The van der Waals surface area contributed by atoms with Gasteiger partial charge in [-0.2, -0.15) is 0 Å². The summed E-state index contributed by atoms with van der Waals surface area (Å²) >= 11 is 0. The number of ketones is 1. The third-order valence-electron chi connectivity index (χ3n) is 6.94. The van der Waals surface area contributed by atoms with Crippen LogP contribution in [0.4, 0.5) is 20.6 Å². The highest BCUT2D eigenvalue weighted by Gasteiger charge is 2.33. The predicted molar refractivity (Wildman–Crippen MR) is 139 cm³/mol. The third kappa shape index (κ3) is 4.79. The van der Waals surface area contributed by atoms with Crippen molar-refractivity contribution in [3.05, 3.63) is 60.0 Å². The van der Waals surface area contributed by atoms with E-state index in [-0.39, 0.29) is 32.1 Å². The first kappa shape index (κ1) is 25.2. The highest BCUT2D eigenvalue weighted by molar-refractivity contribution is 6.44. The number of amides is 3. The van der Waals surface area contributed by atoms with Crippen molar-refractivity contribution in [1.29, 1.82) is 0 Å². The van der Waals surface area contributed by atoms with Crippen LogP contribution in [-0.2, 0) is 21.4 Å². The molecule has 0 unspecified atom stereocenters. The van der Waals surface area contributed by atoms with Crippen LogP contribution < -0.4 is 15.1 Å². The van der Waals surface area contributed by atoms with Gasteiger partial charge in [-0.1, -0.05) is 18.2 Å². The quantitative estimate of drug-likeness (QED) is 0.395. The van der Waals surface area contributed by atoms with Crippen molar-refractivity contribution < 1.29 is 28.3 Å². The fourth-order valence-corrected chi connectivity index (χ4v) is 4.95. The molecule has 11 heteroatoms. The minimum absolute atomic E-state index is 0.185. The smallest absolute Gasteiger partial charge is 0.414 e. The number of anilines is 2. The fraction of sp³-hybridized carbons (Fsp3) is 0.333. The SMILES string of the molecule is CC(=O)NC[C@H]1CN(c2ccc(N3CCN(C(=O)C(=O)c4cn(C)c5ccccc45)CC3)c(F)c2)C(=O)O1. The maximum atomic E-state index is 15.1. The molecule has 0 spiro atoms. The summed E-state index contributed by atoms with van der Waals surface area (Å²) < 4.78 is 22.2. The fourth-order valence-electron chi connectivity index (χ4n) is 4.95. The van der Waals surface area contributed by atoms with Gasteiger partial charge in [-0.05, 0) is 24.3 Å². The van der Waals surface area contributed by atoms with E-state index in [4.69, 9.17) is 4.74 Å². The molecule has 1 atom stereocenters. The standard InChI is InChI=1S/C27H28FN5O5/c1-17(34)29-14-19-15-33(27(37)38-19)18-7-8-24(22(28)13-18)31-9-11-32(12-10-31)26(36)25(35)21-16-30(2)23-6-4-3-5-20(21)23/h3-8,13,16,19H,9-12,14-15H2,1-2H3,(H,29,34)/t19-/m0/s1. The van der Waals surface area contributed by atoms with Crippen molar-refractivity contribution >= 4 is 46.0 Å². The molecule has 38 heavy (non-hydrogen) atoms. The highest BCUT2D eigenvalue weighted by Crippen LogP contribution is 2.29. The second-order valence-electron chi connectivity index (χ2n) is 9.47. The van der Waals surface area contributed by atoms with Crippen LogP contribution in [-0.4, -0.2) is 78.5 Å². The Morgan fingerprint density at radius 2 is 1.82 bits per heavy atom. The number of Topliss-reactive ketones (excluding diaryl/α,β-unsaturated/α-hetero) is 1. The second kappa shape index (κ2) is 10.2. The molecule has 2 aliphatic heterocycles. The van der Waals surface area contributed by atoms with Gasteiger partial charge in [-0.15, -0.1) is 0 Å². The van der Waals surface area contributed by atoms with Crippen LogP contribution in [0.15, 0.2) is 48.7 Å². The summed E-state index contributed by atoms with van der Waals surface area (Å²) in [7, 11) is 1.83. The van der Waals surface area contributed by atoms with Gasteiger partial charge in [0.1, 0.15) is 11.9 Å². The van der Waals surface area contributed by atoms with Gasteiger partial charge in [0.15, 0.2) is 0 Å². The summed E-state index contributed by atoms with van der Waals surface area (Å²) in [6, 6.07) is 11.9. The Labute approximate surface area is 218 Å². The molecular weight excluding hydrogens is 493 g/mol. The number of ether oxygens (including phenoxy) is 1. The maximum Gasteiger partial charge on any atom is 0.414 e. The first-order valence-electron chi connectivity index (χ1n) is 12.4. The first-order chi connectivity index (χ1) is 18.2. The number of piperazine rings is 1. The van der Waals surface area contributed by atoms with Crippen LogP contribution in [0.5, 0.6) is 0 Å². The number of carbonyl (C=O) groups is 4. The lowest BCUT2D eigenvalue weighted by Crippen LogP contribution is -2.50. The normalized spacial score (nSPS) is 17.6. The topological polar surface area (TPSA) is 104 Å². The number of cyclic esters (lactones) is 1. The Kier molecular flexibility index (Phi) is 6.75. The number of fused-ring (bicyclic) bond motifs is 1. The Morgan fingerprint density at radius 3 is 2.53 bits per heavy atom. The van der Waals surface area contributed by atoms with E-state index in [0.29, 0.717) is 30.0 Å². The van der Waals surface area contributed by atoms with Crippen LogP contribution in [0.1, 0.15) is 17.3 Å². The summed E-state index contributed by atoms with van der Waals surface area (Å²) in [6.07, 6.45) is 0.558. The van der Waals surface area contributed by atoms with Crippen LogP contribution in [0.25, 0.3) is 10.9 Å². The molecule has 1 aromatic heterocycles. The largest absolute Gasteiger partial charge is 0.442 e. The lowest BCUT2D eigenvalue weighted by atomic mass is 10.1. The van der Waals surface area contributed by atoms with Crippen molar-refractivity contribution in [3.8, 4) is 0 Å². The van der Waals surface area contributed by atoms with Crippen LogP contribution in [0.2, 0.25) is 0 Å². The van der Waals surface area contributed by atoms with Crippen LogP contribution in [0, 0.1) is 5.82 Å². The molecule has 0 aliphatic carbocycles. The predicted octanol–water partition coefficient (Wildman–Crippen LogP) is 2.31. The van der Waals surface area contributed by atoms with E-state index in [1.165, 1.54) is 22.8 Å². The molecule has 0 radical (unpaired) electrons. The molecule has 2 aliphatic rings. The second-order valence-corrected chi connectivity index (χ2v) is 9.47. The van der Waals surface area contributed by atoms with Gasteiger partial charge in [0.25, 0.3) is 11.7 Å². The summed E-state index contributed by atoms with van der Waals surface area (Å²) in [5.74, 6) is -1.86. The summed E-state index contributed by atoms with van der Waals surface area (Å²) in [5.41, 5.74) is 1.95. The number of carbonyl (C=O) groups excluding carboxylic acids is 4. The van der Waals surface area contributed by atoms with E-state index in [1.807, 2.05) is 40.8 Å². The van der Waals surface area contributed by atoms with Crippen molar-refractivity contribution in [2.45, 2.75) is 13.0 Å². The van der Waals surface area contributed by atoms with Crippen molar-refractivity contribution in [2.24, 2.45) is 7.05 Å². The van der Waals surface area contributed by atoms with Crippen LogP contribution >= 0.6 is 0 Å². The monoisotopic (exact) mass is 521 g/mol. The minimum Gasteiger partial charge on any atom is -0.442 e. The number of para-hydroxylation sites is 1. The molecule has 2 fully saturated rings. The van der Waals surface area contributed by atoms with Gasteiger partial charge in [-0.25, -0.2) is 9.18 Å². The van der Waals surface area contributed by atoms with Gasteiger partial charge in [-0.3, -0.25) is 19.3 Å². The number of hydrogen-bond donors (Lipinski definition) is 1. The van der Waals surface area contributed by atoms with E-state index >= 15 is 4.39 Å². The number of rotatable bonds is 6. The molecule has 3 amide bonds. The molecule has 198 valence electrons. The van der Waals surface area contributed by atoms with E-state index in [1.54, 1.807) is 18.3 Å². The summed E-state index contributed by atoms with van der Waals surface area (Å²) in [4.78, 5) is 54.0. The molecule has 10 nitrogen and oxygen atoms in total. The van der Waals surface area contributed by atoms with Gasteiger partial charge in [0.05, 0.1) is 30.0 Å². The number of aryl methyl sites for hydroxylation is 1. The zero-order valence-corrected chi connectivity index (χ0v) is 21.1. The first-order valence-corrected chi connectivity index (χ1v) is 12.4. The van der Waals surface area contributed by atoms with Crippen molar-refractivity contribution in [2.75, 3.05) is 49.1 Å². The Balaban J connectivity index is 1.21. The zero-order valence-electron chi connectivity index (χ0n) is 21.1. The summed E-state index contributed by atoms with van der Waals surface area (Å²) in [6.45, 7) is 3.03. The average molecular weight is 522 g/mol. The zero-order chi connectivity index (χ0) is 27.0. The lowest BCUT2D eigenvalue weighted by molar-refractivity contribution is -0.126. The number of nitrogens with one attached hydrogen (secondary N) is 1. The molecule has 1 N–H and O–H groups in total. The minimum atomic E-state index is -0.601. The third-order valence-corrected chi connectivity index (χ3v) is 6.94. The van der Waals surface area contributed by atoms with E-state index in [9.17, 15) is 19.2 Å². The van der Waals surface area contributed by atoms with E-state index in [2.05, 4.69) is 5.32 Å². The lowest BCUT2D eigenvalue weighted by Gasteiger charge is -2.36. The number of nitrogens with zero attached hydrogens (tertiary/aromatic N) is 4. The number of benzene rings is 2. The Bertz CT molecular complexity index is 1430. The van der Waals surface area contributed by atoms with Crippen LogP contribution in [0.3, 0.4) is 0 Å². The Morgan fingerprint density at radius 1 is 1.08 bits per heavy atom. The van der Waals surface area contributed by atoms with Gasteiger partial charge in [0.2, 0.25) is 5.91 Å². The molecule has 0 saturated carbocycles. The van der Waals surface area contributed by atoms with Crippen molar-refractivity contribution in [3.63, 3.8) is 0 Å². The number of aromatic nitrogens is 1. The molecular formula is C27H28FN5O5. The van der Waals surface area contributed by atoms with Crippen molar-refractivity contribution in [1.82, 2.24) is 14.8 Å². The average Bonchev–Trinajstić information content (AvgIpc) is 3.46. The van der Waals surface area contributed by atoms with E-state index < -0.39 is 29.7 Å². The molecule has 5 rings (SSSR count). The van der Waals surface area contributed by atoms with E-state index in [0.717, 1.165) is 10.9 Å². The molecule has 3 heterocycles. The molecule has 3 aromatic rings. The van der Waals surface area contributed by atoms with Gasteiger partial charge < -0.3 is 24.4 Å². The number of hydrogen-bond acceptors (Lipinski definition) is 6. The highest BCUT2D eigenvalue weighted by atomic mass is 19.1. The molecule has 2 aromatic carbocycles. The van der Waals surface area contributed by atoms with Gasteiger partial charge in [0, 0.05) is 57.3 Å². The summed E-state index contributed by atoms with van der Waals surface area (Å²) in [5, 5.41) is 3.34. The molecule has 2 saturated heterocycles. The van der Waals surface area contributed by atoms with Gasteiger partial charge >= 0.3 is 6.09 Å². The molecule has 0 bridgehead atoms. The Hall–Kier alpha value is -4.41. The maximum absolute atomic E-state index is 15.1. The number of halogens is 1.